The summed E-state index contributed by atoms with van der Waals surface area (Å²) in [7, 11) is 0. The Morgan fingerprint density at radius 3 is 2.32 bits per heavy atom. The Bertz CT molecular complexity index is 1450. The summed E-state index contributed by atoms with van der Waals surface area (Å²) >= 11 is 20.3. The monoisotopic (exact) mass is 671 g/mol. The normalized spacial score (nSPS) is 18.9. The molecule has 0 bridgehead atoms. The maximum atomic E-state index is 13.9. The number of hydrogen-bond acceptors (Lipinski definition) is 5. The quantitative estimate of drug-likeness (QED) is 0.133. The van der Waals surface area contributed by atoms with Crippen LogP contribution in [0.2, 0.25) is 0 Å². The predicted octanol–water partition coefficient (Wildman–Crippen LogP) is 7.15. The molecule has 2 amide bonds. The zero-order chi connectivity index (χ0) is 31.0. The lowest BCUT2D eigenvalue weighted by Crippen LogP contribution is -2.54. The summed E-state index contributed by atoms with van der Waals surface area (Å²) in [6.07, 6.45) is 4.31. The average molecular weight is 673 g/mol. The van der Waals surface area contributed by atoms with Gasteiger partial charge < -0.3 is 15.0 Å². The highest BCUT2D eigenvalue weighted by Gasteiger charge is 2.47. The number of rotatable bonds is 11. The molecule has 1 atom stereocenters. The van der Waals surface area contributed by atoms with Crippen LogP contribution in [0.5, 0.6) is 0 Å². The van der Waals surface area contributed by atoms with Gasteiger partial charge in [0.05, 0.1) is 24.6 Å². The van der Waals surface area contributed by atoms with Crippen molar-refractivity contribution in [2.45, 2.75) is 39.9 Å². The fourth-order valence-electron chi connectivity index (χ4n) is 5.71. The highest BCUT2D eigenvalue weighted by Crippen LogP contribution is 2.42. The molecule has 1 fully saturated rings. The number of morpholine rings is 1. The van der Waals surface area contributed by atoms with Crippen molar-refractivity contribution in [2.24, 2.45) is 0 Å². The maximum Gasteiger partial charge on any atom is 0.276 e. The van der Waals surface area contributed by atoms with Gasteiger partial charge in [-0.05, 0) is 67.2 Å². The van der Waals surface area contributed by atoms with Crippen LogP contribution in [-0.4, -0.2) is 69.7 Å². The number of anilines is 1. The second-order valence-electron chi connectivity index (χ2n) is 11.1. The molecule has 0 saturated carbocycles. The highest BCUT2D eigenvalue weighted by molar-refractivity contribution is 7.99. The van der Waals surface area contributed by atoms with E-state index in [1.54, 1.807) is 4.90 Å². The van der Waals surface area contributed by atoms with Crippen LogP contribution in [0.3, 0.4) is 0 Å². The molecule has 5 rings (SSSR count). The van der Waals surface area contributed by atoms with Crippen molar-refractivity contribution in [3.05, 3.63) is 108 Å². The Morgan fingerprint density at radius 2 is 1.61 bits per heavy atom. The van der Waals surface area contributed by atoms with Crippen molar-refractivity contribution in [2.75, 3.05) is 44.0 Å². The van der Waals surface area contributed by atoms with Gasteiger partial charge in [-0.3, -0.25) is 14.5 Å². The zero-order valence-corrected chi connectivity index (χ0v) is 27.5. The van der Waals surface area contributed by atoms with E-state index in [2.05, 4.69) is 22.3 Å². The third-order valence-electron chi connectivity index (χ3n) is 8.05. The minimum absolute atomic E-state index is 0.201. The largest absolute Gasteiger partial charge is 0.379 e. The summed E-state index contributed by atoms with van der Waals surface area (Å²) in [6, 6.07) is 27.6. The molecule has 0 spiro atoms. The van der Waals surface area contributed by atoms with Crippen LogP contribution < -0.4 is 5.32 Å². The number of ether oxygens (including phenoxy) is 1. The minimum Gasteiger partial charge on any atom is -0.379 e. The van der Waals surface area contributed by atoms with E-state index in [-0.39, 0.29) is 11.8 Å². The number of hydrogen-bond donors (Lipinski definition) is 1. The van der Waals surface area contributed by atoms with Crippen molar-refractivity contribution in [3.63, 3.8) is 0 Å². The van der Waals surface area contributed by atoms with E-state index in [1.165, 1.54) is 17.3 Å². The SMILES string of the molecule is O=C(Nc1ccccc1)C1=CC(Cc2ccccc2)(N(CSc2cccc(CCN3CCOCC3)c2)C(=O)C(Cl)(Cl)Cl)CC1. The number of nitrogens with one attached hydrogen (secondary N) is 1. The third-order valence-corrected chi connectivity index (χ3v) is 9.51. The highest BCUT2D eigenvalue weighted by atomic mass is 35.6. The Morgan fingerprint density at radius 1 is 0.932 bits per heavy atom. The van der Waals surface area contributed by atoms with E-state index < -0.39 is 15.2 Å². The van der Waals surface area contributed by atoms with Gasteiger partial charge in [-0.2, -0.15) is 0 Å². The molecular formula is C34H36Cl3N3O3S. The van der Waals surface area contributed by atoms with E-state index in [0.717, 1.165) is 49.7 Å². The Hall–Kier alpha value is -2.52. The topological polar surface area (TPSA) is 61.9 Å². The molecule has 3 aromatic rings. The summed E-state index contributed by atoms with van der Waals surface area (Å²) < 4.78 is 3.31. The first-order valence-corrected chi connectivity index (χ1v) is 16.9. The van der Waals surface area contributed by atoms with Gasteiger partial charge >= 0.3 is 0 Å². The summed E-state index contributed by atoms with van der Waals surface area (Å²) in [5, 5.41) is 2.98. The number of nitrogens with zero attached hydrogens (tertiary/aromatic N) is 2. The number of thioether (sulfide) groups is 1. The molecule has 1 heterocycles. The molecule has 44 heavy (non-hydrogen) atoms. The van der Waals surface area contributed by atoms with Gasteiger partial charge in [0.15, 0.2) is 0 Å². The molecule has 1 N–H and O–H groups in total. The van der Waals surface area contributed by atoms with Gasteiger partial charge in [0.25, 0.3) is 15.6 Å². The van der Waals surface area contributed by atoms with Crippen molar-refractivity contribution < 1.29 is 14.3 Å². The lowest BCUT2D eigenvalue weighted by Gasteiger charge is -2.41. The van der Waals surface area contributed by atoms with Gasteiger partial charge in [0.2, 0.25) is 0 Å². The fourth-order valence-corrected chi connectivity index (χ4v) is 7.08. The molecule has 3 aromatic carbocycles. The molecule has 0 radical (unpaired) electrons. The summed E-state index contributed by atoms with van der Waals surface area (Å²) in [6.45, 7) is 4.42. The Balaban J connectivity index is 1.40. The molecule has 10 heteroatoms. The molecular weight excluding hydrogens is 637 g/mol. The number of carbonyl (C=O) groups is 2. The minimum atomic E-state index is -2.16. The number of amides is 2. The van der Waals surface area contributed by atoms with Gasteiger partial charge in [-0.1, -0.05) is 95.5 Å². The van der Waals surface area contributed by atoms with Gasteiger partial charge in [-0.25, -0.2) is 0 Å². The van der Waals surface area contributed by atoms with Crippen LogP contribution in [-0.2, 0) is 27.2 Å². The standard InChI is InChI=1S/C34H36Cl3N3O3S/c35-34(36,37)32(42)40(25-44-30-13-7-10-26(22-30)15-17-39-18-20-43-21-19-39)33(23-27-8-3-1-4-9-27)16-14-28(24-33)31(41)38-29-11-5-2-6-12-29/h1-13,22,24H,14-21,23,25H2,(H,38,41). The Labute approximate surface area is 278 Å². The molecule has 232 valence electrons. The van der Waals surface area contributed by atoms with E-state index in [0.29, 0.717) is 30.5 Å². The molecule has 1 unspecified atom stereocenters. The second-order valence-corrected chi connectivity index (χ2v) is 14.4. The lowest BCUT2D eigenvalue weighted by molar-refractivity contribution is -0.133. The number of benzene rings is 3. The van der Waals surface area contributed by atoms with Gasteiger partial charge in [0, 0.05) is 35.8 Å². The van der Waals surface area contributed by atoms with E-state index in [9.17, 15) is 9.59 Å². The third kappa shape index (κ3) is 8.81. The maximum absolute atomic E-state index is 13.9. The molecule has 1 aliphatic heterocycles. The van der Waals surface area contributed by atoms with Gasteiger partial charge in [-0.15, -0.1) is 11.8 Å². The van der Waals surface area contributed by atoms with Crippen molar-refractivity contribution in [1.82, 2.24) is 9.80 Å². The smallest absolute Gasteiger partial charge is 0.276 e. The first-order valence-electron chi connectivity index (χ1n) is 14.7. The van der Waals surface area contributed by atoms with Crippen LogP contribution in [0.25, 0.3) is 0 Å². The number of alkyl halides is 3. The number of para-hydroxylation sites is 1. The van der Waals surface area contributed by atoms with Crippen LogP contribution in [0.1, 0.15) is 24.0 Å². The van der Waals surface area contributed by atoms with Crippen LogP contribution >= 0.6 is 46.6 Å². The van der Waals surface area contributed by atoms with E-state index in [4.69, 9.17) is 39.5 Å². The van der Waals surface area contributed by atoms with Crippen molar-refractivity contribution >= 4 is 64.1 Å². The predicted molar refractivity (Wildman–Crippen MR) is 181 cm³/mol. The van der Waals surface area contributed by atoms with Crippen molar-refractivity contribution in [3.8, 4) is 0 Å². The summed E-state index contributed by atoms with van der Waals surface area (Å²) in [5.41, 5.74) is 2.68. The first-order chi connectivity index (χ1) is 21.2. The summed E-state index contributed by atoms with van der Waals surface area (Å²) in [4.78, 5) is 32.3. The second kappa shape index (κ2) is 15.2. The van der Waals surface area contributed by atoms with Crippen molar-refractivity contribution in [1.29, 1.82) is 0 Å². The molecule has 0 aromatic heterocycles. The van der Waals surface area contributed by atoms with Crippen LogP contribution in [0.15, 0.2) is 101 Å². The summed E-state index contributed by atoms with van der Waals surface area (Å²) in [5.74, 6) is -0.570. The molecule has 6 nitrogen and oxygen atoms in total. The zero-order valence-electron chi connectivity index (χ0n) is 24.4. The first kappa shape index (κ1) is 32.9. The molecule has 2 aliphatic rings. The Kier molecular flexibility index (Phi) is 11.3. The lowest BCUT2D eigenvalue weighted by atomic mass is 9.88. The number of halogens is 3. The average Bonchev–Trinajstić information content (AvgIpc) is 3.46. The number of carbonyl (C=O) groups excluding carboxylic acids is 2. The fraction of sp³-hybridized carbons (Fsp3) is 0.353. The molecule has 1 saturated heterocycles. The van der Waals surface area contributed by atoms with Crippen LogP contribution in [0.4, 0.5) is 5.69 Å². The van der Waals surface area contributed by atoms with Gasteiger partial charge in [0.1, 0.15) is 0 Å². The van der Waals surface area contributed by atoms with Crippen LogP contribution in [0, 0.1) is 0 Å². The molecule has 1 aliphatic carbocycles. The van der Waals surface area contributed by atoms with E-state index in [1.807, 2.05) is 78.9 Å². The van der Waals surface area contributed by atoms with E-state index >= 15 is 0 Å².